The first-order chi connectivity index (χ1) is 9.33. The van der Waals surface area contributed by atoms with E-state index >= 15 is 0 Å². The molecule has 1 heterocycles. The van der Waals surface area contributed by atoms with Gasteiger partial charge in [0.05, 0.1) is 19.0 Å². The van der Waals surface area contributed by atoms with Crippen molar-refractivity contribution in [2.75, 3.05) is 18.5 Å². The van der Waals surface area contributed by atoms with Gasteiger partial charge in [0, 0.05) is 6.04 Å². The number of rotatable bonds is 6. The number of anilines is 1. The molecule has 1 saturated carbocycles. The van der Waals surface area contributed by atoms with Crippen LogP contribution in [0.1, 0.15) is 39.0 Å². The first-order valence-electron chi connectivity index (χ1n) is 7.25. The second kappa shape index (κ2) is 7.28. The van der Waals surface area contributed by atoms with Gasteiger partial charge in [-0.25, -0.2) is 0 Å². The summed E-state index contributed by atoms with van der Waals surface area (Å²) in [6.45, 7) is 3.48. The third-order valence-electron chi connectivity index (χ3n) is 3.61. The van der Waals surface area contributed by atoms with Crippen LogP contribution in [-0.2, 0) is 0 Å². The SMILES string of the molecule is CCCOc1cncc(NC2CCCCC2CN)n1. The Balaban J connectivity index is 1.97. The molecule has 0 radical (unpaired) electrons. The van der Waals surface area contributed by atoms with Gasteiger partial charge < -0.3 is 15.8 Å². The molecule has 1 fully saturated rings. The van der Waals surface area contributed by atoms with Gasteiger partial charge in [-0.15, -0.1) is 0 Å². The average Bonchev–Trinajstić information content (AvgIpc) is 2.46. The quantitative estimate of drug-likeness (QED) is 0.824. The summed E-state index contributed by atoms with van der Waals surface area (Å²) < 4.78 is 5.50. The van der Waals surface area contributed by atoms with Crippen molar-refractivity contribution in [3.8, 4) is 5.88 Å². The lowest BCUT2D eigenvalue weighted by Gasteiger charge is -2.31. The lowest BCUT2D eigenvalue weighted by molar-refractivity contribution is 0.303. The van der Waals surface area contributed by atoms with Crippen LogP contribution in [0.25, 0.3) is 0 Å². The Morgan fingerprint density at radius 3 is 3.00 bits per heavy atom. The fourth-order valence-corrected chi connectivity index (χ4v) is 2.56. The molecule has 19 heavy (non-hydrogen) atoms. The Kier molecular flexibility index (Phi) is 5.39. The van der Waals surface area contributed by atoms with Crippen LogP contribution >= 0.6 is 0 Å². The van der Waals surface area contributed by atoms with Crippen molar-refractivity contribution in [1.29, 1.82) is 0 Å². The van der Waals surface area contributed by atoms with Crippen LogP contribution in [0.15, 0.2) is 12.4 Å². The maximum Gasteiger partial charge on any atom is 0.234 e. The van der Waals surface area contributed by atoms with Gasteiger partial charge in [-0.05, 0) is 31.7 Å². The zero-order chi connectivity index (χ0) is 13.5. The van der Waals surface area contributed by atoms with E-state index in [0.717, 1.165) is 25.2 Å². The molecule has 5 nitrogen and oxygen atoms in total. The predicted molar refractivity (Wildman–Crippen MR) is 76.2 cm³/mol. The number of nitrogens with two attached hydrogens (primary N) is 1. The Labute approximate surface area is 115 Å². The molecule has 5 heteroatoms. The summed E-state index contributed by atoms with van der Waals surface area (Å²) in [5, 5.41) is 3.47. The Morgan fingerprint density at radius 1 is 1.37 bits per heavy atom. The molecular weight excluding hydrogens is 240 g/mol. The minimum atomic E-state index is 0.412. The van der Waals surface area contributed by atoms with E-state index in [1.54, 1.807) is 12.4 Å². The normalized spacial score (nSPS) is 23.1. The van der Waals surface area contributed by atoms with Gasteiger partial charge in [0.2, 0.25) is 5.88 Å². The van der Waals surface area contributed by atoms with E-state index in [0.29, 0.717) is 24.4 Å². The Bertz CT molecular complexity index is 385. The third kappa shape index (κ3) is 4.06. The summed E-state index contributed by atoms with van der Waals surface area (Å²) in [4.78, 5) is 8.61. The van der Waals surface area contributed by atoms with Crippen molar-refractivity contribution >= 4 is 5.82 Å². The highest BCUT2D eigenvalue weighted by molar-refractivity contribution is 5.35. The Morgan fingerprint density at radius 2 is 2.21 bits per heavy atom. The fourth-order valence-electron chi connectivity index (χ4n) is 2.56. The third-order valence-corrected chi connectivity index (χ3v) is 3.61. The molecule has 0 bridgehead atoms. The minimum absolute atomic E-state index is 0.412. The topological polar surface area (TPSA) is 73.1 Å². The summed E-state index contributed by atoms with van der Waals surface area (Å²) in [6, 6.07) is 0.412. The van der Waals surface area contributed by atoms with Crippen LogP contribution in [0.3, 0.4) is 0 Å². The monoisotopic (exact) mass is 264 g/mol. The van der Waals surface area contributed by atoms with Crippen LogP contribution < -0.4 is 15.8 Å². The summed E-state index contributed by atoms with van der Waals surface area (Å²) in [6.07, 6.45) is 9.27. The molecule has 0 saturated heterocycles. The summed E-state index contributed by atoms with van der Waals surface area (Å²) >= 11 is 0. The molecule has 2 rings (SSSR count). The maximum atomic E-state index is 5.84. The number of nitrogens with one attached hydrogen (secondary N) is 1. The predicted octanol–water partition coefficient (Wildman–Crippen LogP) is 2.19. The van der Waals surface area contributed by atoms with E-state index in [-0.39, 0.29) is 0 Å². The second-order valence-corrected chi connectivity index (χ2v) is 5.12. The molecule has 0 spiro atoms. The van der Waals surface area contributed by atoms with Crippen molar-refractivity contribution in [3.63, 3.8) is 0 Å². The first-order valence-corrected chi connectivity index (χ1v) is 7.25. The van der Waals surface area contributed by atoms with Crippen molar-refractivity contribution in [1.82, 2.24) is 9.97 Å². The smallest absolute Gasteiger partial charge is 0.234 e. The summed E-state index contributed by atoms with van der Waals surface area (Å²) in [5.41, 5.74) is 5.84. The van der Waals surface area contributed by atoms with E-state index in [4.69, 9.17) is 10.5 Å². The molecule has 0 aromatic carbocycles. The van der Waals surface area contributed by atoms with Crippen LogP contribution in [0.5, 0.6) is 5.88 Å². The molecule has 0 amide bonds. The zero-order valence-electron chi connectivity index (χ0n) is 11.6. The molecule has 1 aromatic rings. The maximum absolute atomic E-state index is 5.84. The van der Waals surface area contributed by atoms with E-state index < -0.39 is 0 Å². The van der Waals surface area contributed by atoms with E-state index in [9.17, 15) is 0 Å². The highest BCUT2D eigenvalue weighted by Gasteiger charge is 2.24. The van der Waals surface area contributed by atoms with Crippen molar-refractivity contribution in [2.24, 2.45) is 11.7 Å². The lowest BCUT2D eigenvalue weighted by Crippen LogP contribution is -2.37. The molecule has 1 aromatic heterocycles. The molecular formula is C14H24N4O. The largest absolute Gasteiger partial charge is 0.477 e. The van der Waals surface area contributed by atoms with Gasteiger partial charge in [-0.2, -0.15) is 4.98 Å². The van der Waals surface area contributed by atoms with E-state index in [1.807, 2.05) is 0 Å². The number of ether oxygens (including phenoxy) is 1. The number of nitrogens with zero attached hydrogens (tertiary/aromatic N) is 2. The average molecular weight is 264 g/mol. The highest BCUT2D eigenvalue weighted by atomic mass is 16.5. The fraction of sp³-hybridized carbons (Fsp3) is 0.714. The number of aromatic nitrogens is 2. The molecule has 0 aliphatic heterocycles. The van der Waals surface area contributed by atoms with Gasteiger partial charge in [-0.1, -0.05) is 19.8 Å². The van der Waals surface area contributed by atoms with Crippen LogP contribution in [0.2, 0.25) is 0 Å². The van der Waals surface area contributed by atoms with Gasteiger partial charge in [0.15, 0.2) is 0 Å². The molecule has 2 atom stereocenters. The molecule has 3 N–H and O–H groups in total. The van der Waals surface area contributed by atoms with Crippen molar-refractivity contribution in [2.45, 2.75) is 45.1 Å². The van der Waals surface area contributed by atoms with Gasteiger partial charge in [-0.3, -0.25) is 4.98 Å². The van der Waals surface area contributed by atoms with Crippen LogP contribution in [0.4, 0.5) is 5.82 Å². The van der Waals surface area contributed by atoms with E-state index in [2.05, 4.69) is 22.2 Å². The zero-order valence-corrected chi connectivity index (χ0v) is 11.6. The highest BCUT2D eigenvalue weighted by Crippen LogP contribution is 2.26. The second-order valence-electron chi connectivity index (χ2n) is 5.12. The van der Waals surface area contributed by atoms with Gasteiger partial charge >= 0.3 is 0 Å². The van der Waals surface area contributed by atoms with Crippen LogP contribution in [0, 0.1) is 5.92 Å². The molecule has 2 unspecified atom stereocenters. The van der Waals surface area contributed by atoms with Crippen LogP contribution in [-0.4, -0.2) is 29.2 Å². The number of hydrogen-bond donors (Lipinski definition) is 2. The molecule has 106 valence electrons. The Hall–Kier alpha value is -1.36. The summed E-state index contributed by atoms with van der Waals surface area (Å²) in [5.74, 6) is 1.92. The van der Waals surface area contributed by atoms with Gasteiger partial charge in [0.1, 0.15) is 5.82 Å². The molecule has 1 aliphatic rings. The first kappa shape index (κ1) is 14.1. The number of hydrogen-bond acceptors (Lipinski definition) is 5. The lowest BCUT2D eigenvalue weighted by atomic mass is 9.84. The van der Waals surface area contributed by atoms with Crippen molar-refractivity contribution in [3.05, 3.63) is 12.4 Å². The molecule has 1 aliphatic carbocycles. The standard InChI is InChI=1S/C14H24N4O/c1-2-7-19-14-10-16-9-13(18-14)17-12-6-4-3-5-11(12)8-15/h9-12H,2-8,15H2,1H3,(H,17,18). The minimum Gasteiger partial charge on any atom is -0.477 e. The summed E-state index contributed by atoms with van der Waals surface area (Å²) in [7, 11) is 0. The van der Waals surface area contributed by atoms with Crippen molar-refractivity contribution < 1.29 is 4.74 Å². The van der Waals surface area contributed by atoms with E-state index in [1.165, 1.54) is 19.3 Å². The van der Waals surface area contributed by atoms with Gasteiger partial charge in [0.25, 0.3) is 0 Å².